The largest absolute Gasteiger partial charge is 0.497 e. The van der Waals surface area contributed by atoms with Gasteiger partial charge in [0.25, 0.3) is 0 Å². The number of rotatable bonds is 8. The number of amides is 1. The van der Waals surface area contributed by atoms with Crippen LogP contribution in [0.5, 0.6) is 5.75 Å². The molecule has 0 radical (unpaired) electrons. The van der Waals surface area contributed by atoms with E-state index in [1.54, 1.807) is 12.0 Å². The molecule has 1 aliphatic heterocycles. The number of hydrogen-bond donors (Lipinski definition) is 0. The van der Waals surface area contributed by atoms with Gasteiger partial charge in [-0.05, 0) is 54.9 Å². The molecule has 0 aromatic heterocycles. The van der Waals surface area contributed by atoms with Crippen molar-refractivity contribution in [1.82, 2.24) is 4.90 Å². The summed E-state index contributed by atoms with van der Waals surface area (Å²) in [6, 6.07) is 17.0. The summed E-state index contributed by atoms with van der Waals surface area (Å²) < 4.78 is 25.4. The molecule has 1 unspecified atom stereocenters. The van der Waals surface area contributed by atoms with Gasteiger partial charge in [-0.1, -0.05) is 51.1 Å². The van der Waals surface area contributed by atoms with E-state index in [-0.39, 0.29) is 17.0 Å². The molecule has 0 N–H and O–H groups in total. The van der Waals surface area contributed by atoms with Crippen LogP contribution in [0.1, 0.15) is 33.3 Å². The van der Waals surface area contributed by atoms with Gasteiger partial charge >= 0.3 is 0 Å². The average molecular weight is 474 g/mol. The fourth-order valence-corrected chi connectivity index (χ4v) is 6.88. The van der Waals surface area contributed by atoms with Crippen molar-refractivity contribution in [3.05, 3.63) is 60.2 Å². The molecule has 3 rings (SSSR count). The number of likely N-dealkylation sites (tertiary alicyclic amines) is 1. The normalized spacial score (nSPS) is 21.1. The topological polar surface area (TPSA) is 55.8 Å². The number of benzene rings is 2. The summed E-state index contributed by atoms with van der Waals surface area (Å²) in [7, 11) is -1.81. The first kappa shape index (κ1) is 24.7. The molecule has 1 saturated heterocycles. The van der Waals surface area contributed by atoms with Gasteiger partial charge in [0, 0.05) is 11.4 Å². The molecule has 7 heteroatoms. The number of carbonyl (C=O) groups is 1. The van der Waals surface area contributed by atoms with E-state index in [1.807, 2.05) is 61.5 Å². The molecule has 1 aliphatic rings. The molecular formula is C25H35NO4SSi. The number of nitrogens with zero attached hydrogens (tertiary/aromatic N) is 1. The first-order valence-electron chi connectivity index (χ1n) is 11.0. The van der Waals surface area contributed by atoms with E-state index in [1.165, 1.54) is 0 Å². The van der Waals surface area contributed by atoms with Crippen LogP contribution in [0.15, 0.2) is 59.5 Å². The number of β-lactam (4-membered cyclic amide) rings is 1. The minimum atomic E-state index is -2.08. The van der Waals surface area contributed by atoms with Crippen LogP contribution in [0.2, 0.25) is 18.1 Å². The molecule has 0 aliphatic carbocycles. The molecule has 0 saturated carbocycles. The third-order valence-electron chi connectivity index (χ3n) is 6.68. The Morgan fingerprint density at radius 3 is 2.19 bits per heavy atom. The number of carbonyl (C=O) groups excluding carboxylic acids is 1. The molecule has 174 valence electrons. The Morgan fingerprint density at radius 2 is 1.66 bits per heavy atom. The van der Waals surface area contributed by atoms with Gasteiger partial charge in [0.05, 0.1) is 29.9 Å². The summed E-state index contributed by atoms with van der Waals surface area (Å²) in [5.74, 6) is 0.340. The molecular weight excluding hydrogens is 438 g/mol. The van der Waals surface area contributed by atoms with Crippen LogP contribution in [0.3, 0.4) is 0 Å². The highest BCUT2D eigenvalue weighted by Gasteiger charge is 2.55. The molecule has 2 aromatic rings. The standard InChI is InChI=1S/C25H35NO4SSi/c1-18(30-32(6,7)25(2,3)4)22-23(27)26(17-19-13-15-20(29-5)16-14-19)24(22)31(28)21-11-9-8-10-12-21/h8-16,18,22,24H,17H2,1-7H3/t18-,22-,24+,31?/m1/s1. The van der Waals surface area contributed by atoms with Crippen molar-refractivity contribution in [3.63, 3.8) is 0 Å². The maximum atomic E-state index is 13.6. The Morgan fingerprint density at radius 1 is 1.06 bits per heavy atom. The number of methoxy groups -OCH3 is 1. The van der Waals surface area contributed by atoms with Gasteiger partial charge < -0.3 is 14.1 Å². The highest BCUT2D eigenvalue weighted by atomic mass is 32.2. The zero-order chi connectivity index (χ0) is 23.7. The molecule has 32 heavy (non-hydrogen) atoms. The van der Waals surface area contributed by atoms with Gasteiger partial charge in [0.15, 0.2) is 8.32 Å². The predicted octanol–water partition coefficient (Wildman–Crippen LogP) is 5.20. The van der Waals surface area contributed by atoms with E-state index in [2.05, 4.69) is 33.9 Å². The number of ether oxygens (including phenoxy) is 1. The highest BCUT2D eigenvalue weighted by molar-refractivity contribution is 7.85. The second-order valence-corrected chi connectivity index (χ2v) is 16.2. The molecule has 0 bridgehead atoms. The molecule has 4 atom stereocenters. The highest BCUT2D eigenvalue weighted by Crippen LogP contribution is 2.42. The summed E-state index contributed by atoms with van der Waals surface area (Å²) in [6.45, 7) is 13.3. The summed E-state index contributed by atoms with van der Waals surface area (Å²) >= 11 is 0. The van der Waals surface area contributed by atoms with Gasteiger partial charge in [-0.25, -0.2) is 0 Å². The second-order valence-electron chi connectivity index (χ2n) is 9.92. The SMILES string of the molecule is COc1ccc(CN2C(=O)[C@@H]([C@@H](C)O[Si](C)(C)C(C)(C)C)[C@@H]2S(=O)c2ccccc2)cc1. The maximum Gasteiger partial charge on any atom is 0.232 e. The van der Waals surface area contributed by atoms with Crippen molar-refractivity contribution in [3.8, 4) is 5.75 Å². The van der Waals surface area contributed by atoms with Gasteiger partial charge in [0.1, 0.15) is 11.1 Å². The van der Waals surface area contributed by atoms with E-state index >= 15 is 0 Å². The van der Waals surface area contributed by atoms with Crippen LogP contribution in [0.25, 0.3) is 0 Å². The Balaban J connectivity index is 1.87. The molecule has 2 aromatic carbocycles. The van der Waals surface area contributed by atoms with Crippen molar-refractivity contribution < 1.29 is 18.2 Å². The van der Waals surface area contributed by atoms with Gasteiger partial charge in [-0.2, -0.15) is 0 Å². The molecule has 5 nitrogen and oxygen atoms in total. The lowest BCUT2D eigenvalue weighted by atomic mass is 9.92. The van der Waals surface area contributed by atoms with Gasteiger partial charge in [0.2, 0.25) is 5.91 Å². The first-order valence-corrected chi connectivity index (χ1v) is 15.2. The maximum absolute atomic E-state index is 13.6. The quantitative estimate of drug-likeness (QED) is 0.391. The molecule has 0 spiro atoms. The van der Waals surface area contributed by atoms with E-state index < -0.39 is 30.4 Å². The molecule has 1 fully saturated rings. The summed E-state index contributed by atoms with van der Waals surface area (Å²) in [5.41, 5.74) is 0.977. The zero-order valence-corrected chi connectivity index (χ0v) is 21.9. The fourth-order valence-electron chi connectivity index (χ4n) is 3.74. The van der Waals surface area contributed by atoms with Crippen LogP contribution in [-0.4, -0.2) is 41.9 Å². The fraction of sp³-hybridized carbons (Fsp3) is 0.480. The summed E-state index contributed by atoms with van der Waals surface area (Å²) in [5, 5.41) is -0.392. The van der Waals surface area contributed by atoms with Crippen LogP contribution in [0.4, 0.5) is 0 Å². The van der Waals surface area contributed by atoms with Gasteiger partial charge in [-0.3, -0.25) is 9.00 Å². The minimum Gasteiger partial charge on any atom is -0.497 e. The Kier molecular flexibility index (Phi) is 7.32. The molecule has 1 amide bonds. The third kappa shape index (κ3) is 5.00. The lowest BCUT2D eigenvalue weighted by Gasteiger charge is -2.50. The van der Waals surface area contributed by atoms with Crippen molar-refractivity contribution >= 4 is 25.0 Å². The van der Waals surface area contributed by atoms with E-state index in [4.69, 9.17) is 9.16 Å². The predicted molar refractivity (Wildman–Crippen MR) is 131 cm³/mol. The zero-order valence-electron chi connectivity index (χ0n) is 20.1. The third-order valence-corrected chi connectivity index (χ3v) is 13.0. The minimum absolute atomic E-state index is 0.00121. The van der Waals surface area contributed by atoms with E-state index in [9.17, 15) is 9.00 Å². The summed E-state index contributed by atoms with van der Waals surface area (Å²) in [6.07, 6.45) is -0.298. The van der Waals surface area contributed by atoms with Crippen LogP contribution in [-0.2, 0) is 26.6 Å². The van der Waals surface area contributed by atoms with Crippen molar-refractivity contribution in [2.24, 2.45) is 5.92 Å². The van der Waals surface area contributed by atoms with E-state index in [0.29, 0.717) is 6.54 Å². The van der Waals surface area contributed by atoms with Crippen LogP contribution < -0.4 is 4.74 Å². The smallest absolute Gasteiger partial charge is 0.232 e. The molecule has 1 heterocycles. The first-order chi connectivity index (χ1) is 15.0. The van der Waals surface area contributed by atoms with Crippen LogP contribution >= 0.6 is 0 Å². The monoisotopic (exact) mass is 473 g/mol. The van der Waals surface area contributed by atoms with Gasteiger partial charge in [-0.15, -0.1) is 0 Å². The summed E-state index contributed by atoms with van der Waals surface area (Å²) in [4.78, 5) is 15.8. The van der Waals surface area contributed by atoms with Crippen molar-refractivity contribution in [1.29, 1.82) is 0 Å². The average Bonchev–Trinajstić information content (AvgIpc) is 2.74. The Bertz CT molecular complexity index is 956. The van der Waals surface area contributed by atoms with Crippen molar-refractivity contribution in [2.45, 2.75) is 68.7 Å². The Labute approximate surface area is 195 Å². The van der Waals surface area contributed by atoms with Crippen molar-refractivity contribution in [2.75, 3.05) is 7.11 Å². The Hall–Kier alpha value is -1.96. The lowest BCUT2D eigenvalue weighted by Crippen LogP contribution is -2.66. The van der Waals surface area contributed by atoms with E-state index in [0.717, 1.165) is 16.2 Å². The number of hydrogen-bond acceptors (Lipinski definition) is 4. The van der Waals surface area contributed by atoms with Crippen LogP contribution in [0, 0.1) is 5.92 Å². The lowest BCUT2D eigenvalue weighted by molar-refractivity contribution is -0.157. The second kappa shape index (κ2) is 9.49.